The molecule has 1 aliphatic rings. The first-order valence-electron chi connectivity index (χ1n) is 2.87. The van der Waals surface area contributed by atoms with E-state index in [1.165, 1.54) is 0 Å². The first kappa shape index (κ1) is 6.31. The van der Waals surface area contributed by atoms with Gasteiger partial charge in [0.15, 0.2) is 0 Å². The molecule has 0 unspecified atom stereocenters. The number of amides is 2. The van der Waals surface area contributed by atoms with Crippen LogP contribution >= 0.6 is 0 Å². The smallest absolute Gasteiger partial charge is 0.253 e. The van der Waals surface area contributed by atoms with E-state index < -0.39 is 0 Å². The van der Waals surface area contributed by atoms with E-state index in [0.29, 0.717) is 0 Å². The Bertz CT molecular complexity index is 115. The molecule has 9 heavy (non-hydrogen) atoms. The van der Waals surface area contributed by atoms with Crippen molar-refractivity contribution in [3.05, 3.63) is 0 Å². The number of urea groups is 1. The highest BCUT2D eigenvalue weighted by Gasteiger charge is 2.16. The molecule has 1 aliphatic heterocycles. The minimum absolute atomic E-state index is 0.330. The molecular weight excluding hydrogens is 120 g/mol. The number of nitrogens with zero attached hydrogens (tertiary/aromatic N) is 2. The first-order valence-corrected chi connectivity index (χ1v) is 2.87. The number of carbonyl (C=O) groups excluding carboxylic acids is 1. The van der Waals surface area contributed by atoms with E-state index in [9.17, 15) is 4.79 Å². The highest BCUT2D eigenvalue weighted by Crippen LogP contribution is 1.85. The Hall–Kier alpha value is -0.810. The van der Waals surface area contributed by atoms with Gasteiger partial charge < -0.3 is 0 Å². The lowest BCUT2D eigenvalue weighted by molar-refractivity contribution is 0.169. The van der Waals surface area contributed by atoms with Crippen LogP contribution in [0.15, 0.2) is 0 Å². The Morgan fingerprint density at radius 2 is 2.56 bits per heavy atom. The number of hydrogen-bond acceptors (Lipinski definition) is 3. The standard InChI is InChI=1S/C4H9N4O/c1-2-3-8-6-4(9)5-7-8/h7H,2-3H2,1H3,(H,6,9). The lowest BCUT2D eigenvalue weighted by atomic mass is 10.5. The van der Waals surface area contributed by atoms with Crippen molar-refractivity contribution < 1.29 is 4.79 Å². The van der Waals surface area contributed by atoms with E-state index in [2.05, 4.69) is 16.4 Å². The summed E-state index contributed by atoms with van der Waals surface area (Å²) in [6.07, 6.45) is 0.975. The maximum Gasteiger partial charge on any atom is 0.369 e. The molecule has 0 aromatic heterocycles. The van der Waals surface area contributed by atoms with Crippen molar-refractivity contribution in [2.24, 2.45) is 0 Å². The van der Waals surface area contributed by atoms with Crippen LogP contribution in [0.5, 0.6) is 0 Å². The molecule has 0 aromatic rings. The SMILES string of the molecule is CCCN1N[N]C(=O)N1. The van der Waals surface area contributed by atoms with Crippen LogP contribution in [0.25, 0.3) is 0 Å². The van der Waals surface area contributed by atoms with E-state index in [1.807, 2.05) is 6.92 Å². The molecule has 0 bridgehead atoms. The second-order valence-corrected chi connectivity index (χ2v) is 1.78. The maximum absolute atomic E-state index is 10.3. The largest absolute Gasteiger partial charge is 0.369 e. The predicted octanol–water partition coefficient (Wildman–Crippen LogP) is -0.639. The van der Waals surface area contributed by atoms with Crippen molar-refractivity contribution in [1.82, 2.24) is 21.5 Å². The van der Waals surface area contributed by atoms with Gasteiger partial charge in [-0.05, 0) is 6.42 Å². The van der Waals surface area contributed by atoms with E-state index in [4.69, 9.17) is 0 Å². The van der Waals surface area contributed by atoms with Gasteiger partial charge in [-0.1, -0.05) is 6.92 Å². The topological polar surface area (TPSA) is 58.5 Å². The van der Waals surface area contributed by atoms with Gasteiger partial charge in [-0.2, -0.15) is 0 Å². The highest BCUT2D eigenvalue weighted by atomic mass is 16.2. The second-order valence-electron chi connectivity index (χ2n) is 1.78. The maximum atomic E-state index is 10.3. The summed E-state index contributed by atoms with van der Waals surface area (Å²) < 4.78 is 0. The summed E-state index contributed by atoms with van der Waals surface area (Å²) in [6, 6.07) is -0.330. The fourth-order valence-electron chi connectivity index (χ4n) is 0.601. The van der Waals surface area contributed by atoms with E-state index in [0.717, 1.165) is 13.0 Å². The Morgan fingerprint density at radius 3 is 3.00 bits per heavy atom. The Labute approximate surface area is 53.3 Å². The van der Waals surface area contributed by atoms with E-state index in [-0.39, 0.29) is 6.03 Å². The molecular formula is C4H9N4O. The van der Waals surface area contributed by atoms with Gasteiger partial charge in [0.25, 0.3) is 0 Å². The molecule has 5 heteroatoms. The molecule has 2 N–H and O–H groups in total. The van der Waals surface area contributed by atoms with Gasteiger partial charge in [-0.25, -0.2) is 4.79 Å². The van der Waals surface area contributed by atoms with Crippen LogP contribution in [0.4, 0.5) is 4.79 Å². The van der Waals surface area contributed by atoms with E-state index in [1.54, 1.807) is 5.12 Å². The number of hydrazine groups is 2. The van der Waals surface area contributed by atoms with Gasteiger partial charge in [-0.15, -0.1) is 16.1 Å². The fourth-order valence-corrected chi connectivity index (χ4v) is 0.601. The fraction of sp³-hybridized carbons (Fsp3) is 0.750. The zero-order valence-electron chi connectivity index (χ0n) is 5.22. The third kappa shape index (κ3) is 1.55. The summed E-state index contributed by atoms with van der Waals surface area (Å²) in [5, 5.41) is 1.54. The van der Waals surface area contributed by atoms with Gasteiger partial charge in [0.1, 0.15) is 0 Å². The lowest BCUT2D eigenvalue weighted by Crippen LogP contribution is -2.39. The molecule has 51 valence electrons. The molecule has 0 atom stereocenters. The van der Waals surface area contributed by atoms with Gasteiger partial charge in [0, 0.05) is 6.54 Å². The third-order valence-electron chi connectivity index (χ3n) is 0.950. The summed E-state index contributed by atoms with van der Waals surface area (Å²) >= 11 is 0. The zero-order valence-corrected chi connectivity index (χ0v) is 5.22. The molecule has 1 rings (SSSR count). The monoisotopic (exact) mass is 129 g/mol. The molecule has 1 heterocycles. The molecule has 0 aromatic carbocycles. The van der Waals surface area contributed by atoms with Crippen LogP contribution in [0, 0.1) is 0 Å². The molecule has 0 aliphatic carbocycles. The number of hydrogen-bond donors (Lipinski definition) is 2. The van der Waals surface area contributed by atoms with Crippen molar-refractivity contribution in [3.8, 4) is 0 Å². The number of rotatable bonds is 2. The summed E-state index contributed by atoms with van der Waals surface area (Å²) in [7, 11) is 0. The Morgan fingerprint density at radius 1 is 1.78 bits per heavy atom. The van der Waals surface area contributed by atoms with Crippen LogP contribution in [0.1, 0.15) is 13.3 Å². The summed E-state index contributed by atoms with van der Waals surface area (Å²) in [5.74, 6) is 0. The van der Waals surface area contributed by atoms with Crippen LogP contribution in [-0.4, -0.2) is 17.7 Å². The zero-order chi connectivity index (χ0) is 6.69. The average Bonchev–Trinajstić information content (AvgIpc) is 2.17. The third-order valence-corrected chi connectivity index (χ3v) is 0.950. The Kier molecular flexibility index (Phi) is 1.86. The van der Waals surface area contributed by atoms with Crippen LogP contribution < -0.4 is 16.4 Å². The molecule has 1 fully saturated rings. The lowest BCUT2D eigenvalue weighted by Gasteiger charge is -2.08. The molecule has 1 saturated heterocycles. The molecule has 0 spiro atoms. The van der Waals surface area contributed by atoms with Crippen LogP contribution in [-0.2, 0) is 0 Å². The van der Waals surface area contributed by atoms with Gasteiger partial charge in [0.05, 0.1) is 0 Å². The van der Waals surface area contributed by atoms with Crippen molar-refractivity contribution in [2.75, 3.05) is 6.54 Å². The molecule has 0 saturated carbocycles. The minimum Gasteiger partial charge on any atom is -0.253 e. The normalized spacial score (nSPS) is 19.4. The summed E-state index contributed by atoms with van der Waals surface area (Å²) in [4.78, 5) is 10.3. The van der Waals surface area contributed by atoms with Gasteiger partial charge in [0.2, 0.25) is 0 Å². The molecule has 5 nitrogen and oxygen atoms in total. The second kappa shape index (κ2) is 2.65. The molecule has 1 radical (unpaired) electrons. The van der Waals surface area contributed by atoms with E-state index >= 15 is 0 Å². The quantitative estimate of drug-likeness (QED) is 0.521. The Balaban J connectivity index is 2.22. The summed E-state index contributed by atoms with van der Waals surface area (Å²) in [6.45, 7) is 2.79. The molecule has 2 amide bonds. The number of nitrogens with one attached hydrogen (secondary N) is 2. The van der Waals surface area contributed by atoms with Crippen molar-refractivity contribution >= 4 is 6.03 Å². The van der Waals surface area contributed by atoms with Gasteiger partial charge >= 0.3 is 6.03 Å². The predicted molar refractivity (Wildman–Crippen MR) is 30.8 cm³/mol. The minimum atomic E-state index is -0.330. The van der Waals surface area contributed by atoms with Gasteiger partial charge in [-0.3, -0.25) is 5.43 Å². The van der Waals surface area contributed by atoms with Crippen molar-refractivity contribution in [3.63, 3.8) is 0 Å². The average molecular weight is 129 g/mol. The van der Waals surface area contributed by atoms with Crippen molar-refractivity contribution in [1.29, 1.82) is 0 Å². The number of carbonyl (C=O) groups is 1. The van der Waals surface area contributed by atoms with Crippen molar-refractivity contribution in [2.45, 2.75) is 13.3 Å². The first-order chi connectivity index (χ1) is 4.33. The van der Waals surface area contributed by atoms with Crippen LogP contribution in [0.2, 0.25) is 0 Å². The summed E-state index contributed by atoms with van der Waals surface area (Å²) in [5.41, 5.74) is 8.34. The highest BCUT2D eigenvalue weighted by molar-refractivity contribution is 5.73. The van der Waals surface area contributed by atoms with Crippen LogP contribution in [0.3, 0.4) is 0 Å².